The molecule has 2 fully saturated rings. The number of ether oxygens (including phenoxy) is 1. The quantitative estimate of drug-likeness (QED) is 0.535. The third kappa shape index (κ3) is 1.93. The van der Waals surface area contributed by atoms with E-state index in [0.29, 0.717) is 0 Å². The van der Waals surface area contributed by atoms with Crippen molar-refractivity contribution in [1.29, 1.82) is 0 Å². The fraction of sp³-hybridized carbons (Fsp3) is 0.833. The van der Waals surface area contributed by atoms with Gasteiger partial charge in [-0.05, 0) is 18.8 Å². The molecule has 0 aromatic heterocycles. The van der Waals surface area contributed by atoms with Crippen LogP contribution in [0.2, 0.25) is 0 Å². The van der Waals surface area contributed by atoms with Crippen molar-refractivity contribution in [3.8, 4) is 0 Å². The molecule has 0 spiro atoms. The average Bonchev–Trinajstić information content (AvgIpc) is 2.55. The van der Waals surface area contributed by atoms with Crippen LogP contribution < -0.4 is 0 Å². The summed E-state index contributed by atoms with van der Waals surface area (Å²) in [5.41, 5.74) is 0. The van der Waals surface area contributed by atoms with E-state index < -0.39 is 6.09 Å². The molecule has 1 aliphatic heterocycles. The van der Waals surface area contributed by atoms with E-state index in [1.807, 2.05) is 13.8 Å². The van der Waals surface area contributed by atoms with E-state index in [9.17, 15) is 9.59 Å². The molecule has 0 bridgehead atoms. The summed E-state index contributed by atoms with van der Waals surface area (Å²) in [7, 11) is 0. The van der Waals surface area contributed by atoms with Crippen molar-refractivity contribution >= 4 is 12.1 Å². The summed E-state index contributed by atoms with van der Waals surface area (Å²) in [6, 6.07) is -0.157. The van der Waals surface area contributed by atoms with Gasteiger partial charge in [-0.3, -0.25) is 4.90 Å². The maximum atomic E-state index is 11.7. The van der Waals surface area contributed by atoms with Gasteiger partial charge in [0, 0.05) is 6.04 Å². The average molecular weight is 225 g/mol. The Kier molecular flexibility index (Phi) is 3.17. The van der Waals surface area contributed by atoms with Gasteiger partial charge in [0.25, 0.3) is 0 Å². The minimum absolute atomic E-state index is 0.126. The summed E-state index contributed by atoms with van der Waals surface area (Å²) in [6.45, 7) is 3.92. The Bertz CT molecular complexity index is 295. The molecule has 4 heteroatoms. The first-order valence-electron chi connectivity index (χ1n) is 6.15. The minimum Gasteiger partial charge on any atom is -0.375 e. The van der Waals surface area contributed by atoms with E-state index >= 15 is 0 Å². The van der Waals surface area contributed by atoms with Crippen LogP contribution in [0.1, 0.15) is 46.0 Å². The molecule has 2 aliphatic rings. The zero-order valence-electron chi connectivity index (χ0n) is 9.94. The van der Waals surface area contributed by atoms with Crippen LogP contribution in [-0.4, -0.2) is 29.0 Å². The number of amides is 1. The number of carbonyl (C=O) groups excluding carboxylic acids is 2. The number of cyclic esters (lactones) is 2. The van der Waals surface area contributed by atoms with Gasteiger partial charge in [-0.1, -0.05) is 33.1 Å². The second-order valence-electron chi connectivity index (χ2n) is 5.07. The monoisotopic (exact) mass is 225 g/mol. The molecular formula is C12H19NO3. The lowest BCUT2D eigenvalue weighted by Gasteiger charge is -2.33. The predicted octanol–water partition coefficient (Wildman–Crippen LogP) is 2.32. The fourth-order valence-corrected chi connectivity index (χ4v) is 2.76. The van der Waals surface area contributed by atoms with Crippen molar-refractivity contribution in [2.45, 2.75) is 58.0 Å². The van der Waals surface area contributed by atoms with Crippen molar-refractivity contribution < 1.29 is 14.3 Å². The Hall–Kier alpha value is -1.06. The highest BCUT2D eigenvalue weighted by Gasteiger charge is 2.46. The van der Waals surface area contributed by atoms with Gasteiger partial charge < -0.3 is 4.74 Å². The highest BCUT2D eigenvalue weighted by molar-refractivity contribution is 5.95. The number of esters is 1. The van der Waals surface area contributed by atoms with E-state index in [1.54, 1.807) is 4.90 Å². The number of nitrogens with zero attached hydrogens (tertiary/aromatic N) is 1. The standard InChI is InChI=1S/C12H19NO3/c1-8(2)10-11(14)16-12(15)13(10)9-6-4-3-5-7-9/h8-10H,3-7H2,1-2H3. The highest BCUT2D eigenvalue weighted by atomic mass is 16.6. The van der Waals surface area contributed by atoms with E-state index in [-0.39, 0.29) is 24.0 Å². The smallest absolute Gasteiger partial charge is 0.375 e. The fourth-order valence-electron chi connectivity index (χ4n) is 2.76. The second-order valence-corrected chi connectivity index (χ2v) is 5.07. The lowest BCUT2D eigenvalue weighted by molar-refractivity contribution is -0.137. The van der Waals surface area contributed by atoms with E-state index in [1.165, 1.54) is 6.42 Å². The summed E-state index contributed by atoms with van der Waals surface area (Å²) in [4.78, 5) is 25.0. The largest absolute Gasteiger partial charge is 0.418 e. The first-order chi connectivity index (χ1) is 7.61. The van der Waals surface area contributed by atoms with Gasteiger partial charge in [0.15, 0.2) is 0 Å². The molecule has 16 heavy (non-hydrogen) atoms. The molecule has 2 rings (SSSR count). The second kappa shape index (κ2) is 4.44. The van der Waals surface area contributed by atoms with Gasteiger partial charge in [-0.15, -0.1) is 0 Å². The summed E-state index contributed by atoms with van der Waals surface area (Å²) in [6.07, 6.45) is 5.10. The van der Waals surface area contributed by atoms with Crippen LogP contribution in [0, 0.1) is 5.92 Å². The van der Waals surface area contributed by atoms with Crippen molar-refractivity contribution in [3.63, 3.8) is 0 Å². The molecule has 1 heterocycles. The molecule has 1 amide bonds. The first-order valence-corrected chi connectivity index (χ1v) is 6.15. The number of rotatable bonds is 2. The molecule has 90 valence electrons. The van der Waals surface area contributed by atoms with Crippen molar-refractivity contribution in [2.24, 2.45) is 5.92 Å². The molecule has 0 aromatic rings. The molecule has 1 atom stereocenters. The molecule has 0 radical (unpaired) electrons. The number of carbonyl (C=O) groups is 2. The molecular weight excluding hydrogens is 206 g/mol. The summed E-state index contributed by atoms with van der Waals surface area (Å²) >= 11 is 0. The number of hydrogen-bond acceptors (Lipinski definition) is 3. The lowest BCUT2D eigenvalue weighted by atomic mass is 9.92. The van der Waals surface area contributed by atoms with E-state index in [0.717, 1.165) is 25.7 Å². The normalized spacial score (nSPS) is 27.7. The Morgan fingerprint density at radius 1 is 1.19 bits per heavy atom. The van der Waals surface area contributed by atoms with E-state index in [2.05, 4.69) is 0 Å². The van der Waals surface area contributed by atoms with Crippen LogP contribution in [0.5, 0.6) is 0 Å². The summed E-state index contributed by atoms with van der Waals surface area (Å²) in [5, 5.41) is 0. The lowest BCUT2D eigenvalue weighted by Crippen LogP contribution is -2.46. The van der Waals surface area contributed by atoms with Crippen LogP contribution in [0.4, 0.5) is 4.79 Å². The Labute approximate surface area is 95.9 Å². The summed E-state index contributed by atoms with van der Waals surface area (Å²) < 4.78 is 4.75. The zero-order chi connectivity index (χ0) is 11.7. The molecule has 1 unspecified atom stereocenters. The zero-order valence-corrected chi connectivity index (χ0v) is 9.94. The topological polar surface area (TPSA) is 46.6 Å². The third-order valence-electron chi connectivity index (χ3n) is 3.54. The van der Waals surface area contributed by atoms with Crippen molar-refractivity contribution in [1.82, 2.24) is 4.90 Å². The first kappa shape index (κ1) is 11.4. The van der Waals surface area contributed by atoms with Gasteiger partial charge in [0.2, 0.25) is 0 Å². The molecule has 4 nitrogen and oxygen atoms in total. The summed E-state index contributed by atoms with van der Waals surface area (Å²) in [5.74, 6) is -0.244. The van der Waals surface area contributed by atoms with Gasteiger partial charge in [-0.25, -0.2) is 9.59 Å². The van der Waals surface area contributed by atoms with Crippen LogP contribution in [0.3, 0.4) is 0 Å². The molecule has 0 aromatic carbocycles. The SMILES string of the molecule is CC(C)C1C(=O)OC(=O)N1C1CCCCC1. The number of hydrogen-bond donors (Lipinski definition) is 0. The highest BCUT2D eigenvalue weighted by Crippen LogP contribution is 2.30. The van der Waals surface area contributed by atoms with Crippen LogP contribution >= 0.6 is 0 Å². The Balaban J connectivity index is 2.15. The Morgan fingerprint density at radius 2 is 1.81 bits per heavy atom. The maximum absolute atomic E-state index is 11.7. The van der Waals surface area contributed by atoms with Gasteiger partial charge in [0.05, 0.1) is 0 Å². The maximum Gasteiger partial charge on any atom is 0.418 e. The minimum atomic E-state index is -0.435. The van der Waals surface area contributed by atoms with E-state index in [4.69, 9.17) is 4.74 Å². The van der Waals surface area contributed by atoms with Gasteiger partial charge in [-0.2, -0.15) is 0 Å². The van der Waals surface area contributed by atoms with Crippen molar-refractivity contribution in [3.05, 3.63) is 0 Å². The van der Waals surface area contributed by atoms with Crippen LogP contribution in [0.15, 0.2) is 0 Å². The molecule has 0 N–H and O–H groups in total. The Morgan fingerprint density at radius 3 is 2.38 bits per heavy atom. The molecule has 1 aliphatic carbocycles. The van der Waals surface area contributed by atoms with Gasteiger partial charge >= 0.3 is 12.1 Å². The van der Waals surface area contributed by atoms with Crippen molar-refractivity contribution in [2.75, 3.05) is 0 Å². The van der Waals surface area contributed by atoms with Crippen LogP contribution in [0.25, 0.3) is 0 Å². The molecule has 1 saturated heterocycles. The third-order valence-corrected chi connectivity index (χ3v) is 3.54. The molecule has 1 saturated carbocycles. The van der Waals surface area contributed by atoms with Crippen LogP contribution in [-0.2, 0) is 9.53 Å². The van der Waals surface area contributed by atoms with Gasteiger partial charge in [0.1, 0.15) is 6.04 Å². The predicted molar refractivity (Wildman–Crippen MR) is 58.8 cm³/mol.